The highest BCUT2D eigenvalue weighted by Crippen LogP contribution is 2.22. The molecule has 0 radical (unpaired) electrons. The Morgan fingerprint density at radius 3 is 2.55 bits per heavy atom. The molecule has 0 N–H and O–H groups in total. The van der Waals surface area contributed by atoms with Gasteiger partial charge in [0.25, 0.3) is 0 Å². The first-order chi connectivity index (χ1) is 14.0. The van der Waals surface area contributed by atoms with E-state index in [1.165, 1.54) is 6.08 Å². The molecule has 0 aliphatic carbocycles. The number of hydrogen-bond acceptors (Lipinski definition) is 4. The molecule has 0 aliphatic heterocycles. The van der Waals surface area contributed by atoms with Crippen LogP contribution in [0.5, 0.6) is 5.75 Å². The van der Waals surface area contributed by atoms with E-state index in [1.54, 1.807) is 10.8 Å². The van der Waals surface area contributed by atoms with Crippen molar-refractivity contribution in [2.24, 2.45) is 0 Å². The van der Waals surface area contributed by atoms with Gasteiger partial charge in [0.15, 0.2) is 0 Å². The van der Waals surface area contributed by atoms with Gasteiger partial charge in [0.2, 0.25) is 0 Å². The second kappa shape index (κ2) is 9.94. The summed E-state index contributed by atoms with van der Waals surface area (Å²) in [4.78, 5) is 12.0. The van der Waals surface area contributed by atoms with Crippen molar-refractivity contribution in [2.75, 3.05) is 13.2 Å². The van der Waals surface area contributed by atoms with Crippen molar-refractivity contribution >= 4 is 23.6 Å². The molecule has 6 heteroatoms. The molecule has 0 aliphatic rings. The number of aromatic nitrogens is 2. The Hall–Kier alpha value is -3.05. The van der Waals surface area contributed by atoms with Crippen LogP contribution in [0.3, 0.4) is 0 Å². The third kappa shape index (κ3) is 5.72. The monoisotopic (exact) mass is 410 g/mol. The Morgan fingerprint density at radius 1 is 1.07 bits per heavy atom. The molecule has 0 saturated heterocycles. The lowest BCUT2D eigenvalue weighted by Crippen LogP contribution is -2.10. The normalized spacial score (nSPS) is 11.0. The fraction of sp³-hybridized carbons (Fsp3) is 0.217. The lowest BCUT2D eigenvalue weighted by molar-refractivity contribution is -0.138. The zero-order chi connectivity index (χ0) is 20.6. The number of carbonyl (C=O) groups excluding carboxylic acids is 1. The Balaban J connectivity index is 1.52. The lowest BCUT2D eigenvalue weighted by atomic mass is 10.2. The van der Waals surface area contributed by atoms with Crippen molar-refractivity contribution in [2.45, 2.75) is 20.4 Å². The van der Waals surface area contributed by atoms with Gasteiger partial charge < -0.3 is 9.47 Å². The van der Waals surface area contributed by atoms with Crippen LogP contribution in [-0.4, -0.2) is 29.0 Å². The van der Waals surface area contributed by atoms with Crippen molar-refractivity contribution in [1.82, 2.24) is 9.78 Å². The number of carbonyl (C=O) groups is 1. The molecule has 3 rings (SSSR count). The SMILES string of the molecule is Cc1ccccc1OCCOC(=O)/C=C/c1c(C)nn(Cc2ccccc2)c1Cl. The number of halogens is 1. The largest absolute Gasteiger partial charge is 0.490 e. The van der Waals surface area contributed by atoms with E-state index in [0.717, 1.165) is 22.6 Å². The van der Waals surface area contributed by atoms with Gasteiger partial charge in [-0.2, -0.15) is 5.10 Å². The van der Waals surface area contributed by atoms with Crippen molar-refractivity contribution in [3.05, 3.63) is 88.2 Å². The Kier molecular flexibility index (Phi) is 7.09. The fourth-order valence-corrected chi connectivity index (χ4v) is 3.13. The maximum atomic E-state index is 12.0. The van der Waals surface area contributed by atoms with Gasteiger partial charge in [-0.1, -0.05) is 60.1 Å². The maximum Gasteiger partial charge on any atom is 0.330 e. The van der Waals surface area contributed by atoms with E-state index in [4.69, 9.17) is 21.1 Å². The zero-order valence-corrected chi connectivity index (χ0v) is 17.2. The molecule has 0 bridgehead atoms. The summed E-state index contributed by atoms with van der Waals surface area (Å²) in [6, 6.07) is 17.6. The van der Waals surface area contributed by atoms with Crippen LogP contribution >= 0.6 is 11.6 Å². The van der Waals surface area contributed by atoms with Crippen molar-refractivity contribution in [1.29, 1.82) is 0 Å². The standard InChI is InChI=1S/C23H23ClN2O3/c1-17-8-6-7-11-21(17)28-14-15-29-22(27)13-12-20-18(2)25-26(23(20)24)16-19-9-4-3-5-10-19/h3-13H,14-16H2,1-2H3/b13-12+. The van der Waals surface area contributed by atoms with Gasteiger partial charge in [-0.15, -0.1) is 0 Å². The van der Waals surface area contributed by atoms with Gasteiger partial charge in [0, 0.05) is 11.6 Å². The van der Waals surface area contributed by atoms with Gasteiger partial charge >= 0.3 is 5.97 Å². The molecule has 0 saturated carbocycles. The molecule has 0 fully saturated rings. The maximum absolute atomic E-state index is 12.0. The summed E-state index contributed by atoms with van der Waals surface area (Å²) in [7, 11) is 0. The predicted octanol–water partition coefficient (Wildman–Crippen LogP) is 4.84. The first kappa shape index (κ1) is 20.7. The Labute approximate surface area is 175 Å². The molecule has 29 heavy (non-hydrogen) atoms. The molecule has 5 nitrogen and oxygen atoms in total. The van der Waals surface area contributed by atoms with Gasteiger partial charge in [-0.3, -0.25) is 0 Å². The third-order valence-electron chi connectivity index (χ3n) is 4.35. The third-order valence-corrected chi connectivity index (χ3v) is 4.75. The number of para-hydroxylation sites is 1. The number of hydrogen-bond donors (Lipinski definition) is 0. The molecule has 0 unspecified atom stereocenters. The summed E-state index contributed by atoms with van der Waals surface area (Å²) in [5.74, 6) is 0.331. The van der Waals surface area contributed by atoms with Gasteiger partial charge in [0.05, 0.1) is 12.2 Å². The average molecular weight is 411 g/mol. The van der Waals surface area contributed by atoms with Crippen LogP contribution in [0.25, 0.3) is 6.08 Å². The summed E-state index contributed by atoms with van der Waals surface area (Å²) >= 11 is 6.45. The van der Waals surface area contributed by atoms with Crippen molar-refractivity contribution < 1.29 is 14.3 Å². The van der Waals surface area contributed by atoms with E-state index < -0.39 is 5.97 Å². The highest BCUT2D eigenvalue weighted by Gasteiger charge is 2.12. The molecule has 1 heterocycles. The second-order valence-corrected chi connectivity index (χ2v) is 6.91. The summed E-state index contributed by atoms with van der Waals surface area (Å²) < 4.78 is 12.5. The molecular formula is C23H23ClN2O3. The summed E-state index contributed by atoms with van der Waals surface area (Å²) in [5, 5.41) is 4.95. The van der Waals surface area contributed by atoms with E-state index in [-0.39, 0.29) is 6.61 Å². The van der Waals surface area contributed by atoms with Crippen LogP contribution in [0.2, 0.25) is 5.15 Å². The number of rotatable bonds is 8. The van der Waals surface area contributed by atoms with Crippen LogP contribution in [0.15, 0.2) is 60.7 Å². The fourth-order valence-electron chi connectivity index (χ4n) is 2.83. The molecule has 0 amide bonds. The molecule has 0 atom stereocenters. The molecule has 2 aromatic carbocycles. The highest BCUT2D eigenvalue weighted by atomic mass is 35.5. The van der Waals surface area contributed by atoms with Crippen molar-refractivity contribution in [3.63, 3.8) is 0 Å². The minimum absolute atomic E-state index is 0.164. The predicted molar refractivity (Wildman–Crippen MR) is 114 cm³/mol. The molecule has 0 spiro atoms. The minimum Gasteiger partial charge on any atom is -0.490 e. The molecule has 1 aromatic heterocycles. The number of esters is 1. The van der Waals surface area contributed by atoms with Gasteiger partial charge in [0.1, 0.15) is 24.1 Å². The topological polar surface area (TPSA) is 53.4 Å². The van der Waals surface area contributed by atoms with Gasteiger partial charge in [-0.05, 0) is 37.1 Å². The molecular weight excluding hydrogens is 388 g/mol. The second-order valence-electron chi connectivity index (χ2n) is 6.55. The number of nitrogens with zero attached hydrogens (tertiary/aromatic N) is 2. The highest BCUT2D eigenvalue weighted by molar-refractivity contribution is 6.31. The smallest absolute Gasteiger partial charge is 0.330 e. The van der Waals surface area contributed by atoms with E-state index >= 15 is 0 Å². The van der Waals surface area contributed by atoms with Crippen molar-refractivity contribution in [3.8, 4) is 5.75 Å². The summed E-state index contributed by atoms with van der Waals surface area (Å²) in [5.41, 5.74) is 3.59. The molecule has 150 valence electrons. The van der Waals surface area contributed by atoms with Crippen LogP contribution < -0.4 is 4.74 Å². The molecule has 3 aromatic rings. The quantitative estimate of drug-likeness (QED) is 0.303. The minimum atomic E-state index is -0.454. The van der Waals surface area contributed by atoms with Crippen LogP contribution in [-0.2, 0) is 16.1 Å². The Bertz CT molecular complexity index is 997. The lowest BCUT2D eigenvalue weighted by Gasteiger charge is -2.08. The Morgan fingerprint density at radius 2 is 1.79 bits per heavy atom. The first-order valence-electron chi connectivity index (χ1n) is 9.34. The van der Waals surface area contributed by atoms with Crippen LogP contribution in [0.4, 0.5) is 0 Å². The van der Waals surface area contributed by atoms with E-state index in [1.807, 2.05) is 68.4 Å². The first-order valence-corrected chi connectivity index (χ1v) is 9.72. The number of benzene rings is 2. The van der Waals surface area contributed by atoms with Gasteiger partial charge in [-0.25, -0.2) is 9.48 Å². The van der Waals surface area contributed by atoms with Crippen LogP contribution in [0, 0.1) is 13.8 Å². The van der Waals surface area contributed by atoms with Crippen LogP contribution in [0.1, 0.15) is 22.4 Å². The van der Waals surface area contributed by atoms with E-state index in [2.05, 4.69) is 5.10 Å². The number of aryl methyl sites for hydroxylation is 2. The number of ether oxygens (including phenoxy) is 2. The van der Waals surface area contributed by atoms with E-state index in [0.29, 0.717) is 23.9 Å². The average Bonchev–Trinajstić information content (AvgIpc) is 2.98. The van der Waals surface area contributed by atoms with E-state index in [9.17, 15) is 4.79 Å². The summed E-state index contributed by atoms with van der Waals surface area (Å²) in [6.07, 6.45) is 2.99. The summed E-state index contributed by atoms with van der Waals surface area (Å²) in [6.45, 7) is 4.84. The zero-order valence-electron chi connectivity index (χ0n) is 16.5.